The van der Waals surface area contributed by atoms with Crippen LogP contribution in [0.5, 0.6) is 17.2 Å². The third-order valence-electron chi connectivity index (χ3n) is 4.41. The number of rotatable bonds is 9. The number of fused-ring (bicyclic) bond motifs is 1. The molecule has 0 aromatic heterocycles. The van der Waals surface area contributed by atoms with Crippen molar-refractivity contribution in [2.75, 3.05) is 20.3 Å². The molecule has 5 heteroatoms. The molecule has 0 fully saturated rings. The van der Waals surface area contributed by atoms with Crippen molar-refractivity contribution >= 4 is 16.7 Å². The lowest BCUT2D eigenvalue weighted by molar-refractivity contribution is -0.128. The highest BCUT2D eigenvalue weighted by Crippen LogP contribution is 2.25. The molecule has 1 amide bonds. The number of amides is 1. The largest absolute Gasteiger partial charge is 0.497 e. The van der Waals surface area contributed by atoms with Gasteiger partial charge in [0, 0.05) is 5.39 Å². The van der Waals surface area contributed by atoms with Crippen LogP contribution in [0.3, 0.4) is 0 Å². The number of carbonyl (C=O) groups is 1. The topological polar surface area (TPSA) is 56.8 Å². The Labute approximate surface area is 165 Å². The summed E-state index contributed by atoms with van der Waals surface area (Å²) in [5.74, 6) is 2.04. The van der Waals surface area contributed by atoms with E-state index in [9.17, 15) is 4.79 Å². The zero-order chi connectivity index (χ0) is 19.8. The quantitative estimate of drug-likeness (QED) is 0.566. The fraction of sp³-hybridized carbons (Fsp3) is 0.261. The van der Waals surface area contributed by atoms with Gasteiger partial charge in [0.05, 0.1) is 13.7 Å². The maximum atomic E-state index is 12.4. The summed E-state index contributed by atoms with van der Waals surface area (Å²) >= 11 is 0. The molecule has 0 saturated carbocycles. The van der Waals surface area contributed by atoms with E-state index in [1.54, 1.807) is 31.4 Å². The zero-order valence-corrected chi connectivity index (χ0v) is 16.2. The maximum absolute atomic E-state index is 12.4. The predicted octanol–water partition coefficient (Wildman–Crippen LogP) is 4.20. The molecule has 0 radical (unpaired) electrons. The van der Waals surface area contributed by atoms with Crippen LogP contribution in [-0.4, -0.2) is 32.3 Å². The van der Waals surface area contributed by atoms with Crippen molar-refractivity contribution in [3.63, 3.8) is 0 Å². The van der Waals surface area contributed by atoms with Crippen LogP contribution < -0.4 is 19.5 Å². The van der Waals surface area contributed by atoms with Crippen molar-refractivity contribution in [1.29, 1.82) is 0 Å². The van der Waals surface area contributed by atoms with E-state index < -0.39 is 6.10 Å². The summed E-state index contributed by atoms with van der Waals surface area (Å²) in [5.41, 5.74) is 0. The second-order valence-corrected chi connectivity index (χ2v) is 6.31. The molecule has 0 aliphatic heterocycles. The van der Waals surface area contributed by atoms with Crippen LogP contribution in [0.15, 0.2) is 66.7 Å². The molecule has 0 aliphatic carbocycles. The Morgan fingerprint density at radius 2 is 1.68 bits per heavy atom. The molecule has 3 rings (SSSR count). The van der Waals surface area contributed by atoms with Crippen molar-refractivity contribution in [2.45, 2.75) is 19.4 Å². The number of carbonyl (C=O) groups excluding carboxylic acids is 1. The monoisotopic (exact) mass is 379 g/mol. The van der Waals surface area contributed by atoms with Gasteiger partial charge in [0.15, 0.2) is 6.10 Å². The maximum Gasteiger partial charge on any atom is 0.261 e. The molecule has 1 N–H and O–H groups in total. The fourth-order valence-corrected chi connectivity index (χ4v) is 2.91. The Morgan fingerprint density at radius 1 is 0.964 bits per heavy atom. The van der Waals surface area contributed by atoms with Crippen molar-refractivity contribution in [1.82, 2.24) is 5.32 Å². The van der Waals surface area contributed by atoms with E-state index in [4.69, 9.17) is 14.2 Å². The van der Waals surface area contributed by atoms with E-state index in [2.05, 4.69) is 5.32 Å². The van der Waals surface area contributed by atoms with Crippen molar-refractivity contribution in [2.24, 2.45) is 0 Å². The number of methoxy groups -OCH3 is 1. The standard InChI is InChI=1S/C23H25NO4/c1-3-21(28-19-13-11-18(26-2)12-14-19)23(25)24-15-16-27-22-10-6-8-17-7-4-5-9-20(17)22/h4-14,21H,3,15-16H2,1-2H3,(H,24,25)/t21-/m0/s1. The average Bonchev–Trinajstić information content (AvgIpc) is 2.75. The number of hydrogen-bond acceptors (Lipinski definition) is 4. The van der Waals surface area contributed by atoms with Crippen LogP contribution in [0.25, 0.3) is 10.8 Å². The third kappa shape index (κ3) is 4.94. The molecule has 0 bridgehead atoms. The van der Waals surface area contributed by atoms with Crippen LogP contribution in [0.2, 0.25) is 0 Å². The van der Waals surface area contributed by atoms with E-state index >= 15 is 0 Å². The van der Waals surface area contributed by atoms with Crippen LogP contribution in [0.1, 0.15) is 13.3 Å². The Hall–Kier alpha value is -3.21. The number of ether oxygens (including phenoxy) is 3. The van der Waals surface area contributed by atoms with Crippen LogP contribution in [0.4, 0.5) is 0 Å². The smallest absolute Gasteiger partial charge is 0.261 e. The first-order valence-corrected chi connectivity index (χ1v) is 9.40. The van der Waals surface area contributed by atoms with Crippen LogP contribution >= 0.6 is 0 Å². The van der Waals surface area contributed by atoms with Gasteiger partial charge in [-0.25, -0.2) is 0 Å². The zero-order valence-electron chi connectivity index (χ0n) is 16.2. The summed E-state index contributed by atoms with van der Waals surface area (Å²) in [4.78, 5) is 12.4. The Balaban J connectivity index is 1.49. The molecule has 5 nitrogen and oxygen atoms in total. The highest BCUT2D eigenvalue weighted by atomic mass is 16.5. The second-order valence-electron chi connectivity index (χ2n) is 6.31. The molecule has 0 aliphatic rings. The minimum atomic E-state index is -0.550. The van der Waals surface area contributed by atoms with Gasteiger partial charge in [0.25, 0.3) is 5.91 Å². The molecule has 0 spiro atoms. The van der Waals surface area contributed by atoms with E-state index in [0.29, 0.717) is 25.3 Å². The first kappa shape index (κ1) is 19.5. The summed E-state index contributed by atoms with van der Waals surface area (Å²) in [6, 6.07) is 21.2. The number of hydrogen-bond donors (Lipinski definition) is 1. The number of nitrogens with one attached hydrogen (secondary N) is 1. The molecule has 146 valence electrons. The predicted molar refractivity (Wildman–Crippen MR) is 110 cm³/mol. The molecular weight excluding hydrogens is 354 g/mol. The highest BCUT2D eigenvalue weighted by molar-refractivity contribution is 5.88. The second kappa shape index (κ2) is 9.65. The van der Waals surface area contributed by atoms with Gasteiger partial charge in [-0.3, -0.25) is 4.79 Å². The molecule has 0 heterocycles. The van der Waals surface area contributed by atoms with Gasteiger partial charge in [-0.05, 0) is 42.1 Å². The minimum absolute atomic E-state index is 0.153. The van der Waals surface area contributed by atoms with Gasteiger partial charge in [-0.1, -0.05) is 43.3 Å². The van der Waals surface area contributed by atoms with Gasteiger partial charge in [0.2, 0.25) is 0 Å². The first-order valence-electron chi connectivity index (χ1n) is 9.40. The SMILES string of the molecule is CC[C@H](Oc1ccc(OC)cc1)C(=O)NCCOc1cccc2ccccc12. The number of benzene rings is 3. The fourth-order valence-electron chi connectivity index (χ4n) is 2.91. The summed E-state index contributed by atoms with van der Waals surface area (Å²) in [6.45, 7) is 2.71. The Bertz CT molecular complexity index is 903. The van der Waals surface area contributed by atoms with Crippen LogP contribution in [-0.2, 0) is 4.79 Å². The lowest BCUT2D eigenvalue weighted by Gasteiger charge is -2.17. The van der Waals surface area contributed by atoms with Gasteiger partial charge < -0.3 is 19.5 Å². The van der Waals surface area contributed by atoms with Gasteiger partial charge in [-0.15, -0.1) is 0 Å². The van der Waals surface area contributed by atoms with Crippen LogP contribution in [0, 0.1) is 0 Å². The summed E-state index contributed by atoms with van der Waals surface area (Å²) in [5, 5.41) is 5.07. The summed E-state index contributed by atoms with van der Waals surface area (Å²) < 4.78 is 16.8. The summed E-state index contributed by atoms with van der Waals surface area (Å²) in [6.07, 6.45) is 0.0214. The third-order valence-corrected chi connectivity index (χ3v) is 4.41. The molecule has 3 aromatic carbocycles. The normalized spacial score (nSPS) is 11.6. The lowest BCUT2D eigenvalue weighted by atomic mass is 10.1. The molecule has 28 heavy (non-hydrogen) atoms. The van der Waals surface area contributed by atoms with E-state index in [1.165, 1.54) is 0 Å². The molecule has 3 aromatic rings. The molecule has 1 atom stereocenters. The lowest BCUT2D eigenvalue weighted by Crippen LogP contribution is -2.39. The first-order chi connectivity index (χ1) is 13.7. The highest BCUT2D eigenvalue weighted by Gasteiger charge is 2.18. The van der Waals surface area contributed by atoms with Gasteiger partial charge >= 0.3 is 0 Å². The van der Waals surface area contributed by atoms with E-state index in [1.807, 2.05) is 49.4 Å². The minimum Gasteiger partial charge on any atom is -0.497 e. The Morgan fingerprint density at radius 3 is 2.43 bits per heavy atom. The van der Waals surface area contributed by atoms with Gasteiger partial charge in [0.1, 0.15) is 23.9 Å². The van der Waals surface area contributed by atoms with Crippen molar-refractivity contribution in [3.05, 3.63) is 66.7 Å². The summed E-state index contributed by atoms with van der Waals surface area (Å²) in [7, 11) is 1.61. The van der Waals surface area contributed by atoms with Crippen molar-refractivity contribution < 1.29 is 19.0 Å². The Kier molecular flexibility index (Phi) is 6.73. The van der Waals surface area contributed by atoms with Gasteiger partial charge in [-0.2, -0.15) is 0 Å². The molecular formula is C23H25NO4. The van der Waals surface area contributed by atoms with Crippen molar-refractivity contribution in [3.8, 4) is 17.2 Å². The molecule has 0 unspecified atom stereocenters. The molecule has 0 saturated heterocycles. The van der Waals surface area contributed by atoms with E-state index in [-0.39, 0.29) is 5.91 Å². The van der Waals surface area contributed by atoms with E-state index in [0.717, 1.165) is 22.3 Å². The average molecular weight is 379 g/mol.